The van der Waals surface area contributed by atoms with Gasteiger partial charge in [0, 0.05) is 68.4 Å². The number of pyridine rings is 1. The Kier molecular flexibility index (Phi) is 5.73. The smallest absolute Gasteiger partial charge is 0.161 e. The largest absolute Gasteiger partial charge is 0.404 e. The summed E-state index contributed by atoms with van der Waals surface area (Å²) in [5.41, 5.74) is 9.66. The lowest BCUT2D eigenvalue weighted by Gasteiger charge is -2.30. The van der Waals surface area contributed by atoms with Crippen LogP contribution in [0.3, 0.4) is 0 Å². The van der Waals surface area contributed by atoms with Crippen LogP contribution in [0.5, 0.6) is 0 Å². The standard InChI is InChI=1S/C19H25N5O/c1-14-9-16(3-6-21-14)18(10-20)19-22-11-15(12-23-19)13-24-7-4-17(25-2)5-8-24/h3,6,9-12,17H,4-5,7-8,13,20H2,1-2H3/b18-10-. The molecule has 0 spiro atoms. The van der Waals surface area contributed by atoms with Crippen molar-refractivity contribution in [2.75, 3.05) is 20.2 Å². The number of aromatic nitrogens is 3. The second kappa shape index (κ2) is 8.18. The van der Waals surface area contributed by atoms with E-state index in [0.717, 1.165) is 54.9 Å². The molecule has 0 bridgehead atoms. The van der Waals surface area contributed by atoms with E-state index >= 15 is 0 Å². The van der Waals surface area contributed by atoms with E-state index in [1.807, 2.05) is 31.5 Å². The lowest BCUT2D eigenvalue weighted by molar-refractivity contribution is 0.0388. The molecular weight excluding hydrogens is 314 g/mol. The number of piperidine rings is 1. The van der Waals surface area contributed by atoms with Gasteiger partial charge in [-0.2, -0.15) is 0 Å². The molecule has 0 aromatic carbocycles. The fourth-order valence-corrected chi connectivity index (χ4v) is 3.15. The summed E-state index contributed by atoms with van der Waals surface area (Å²) in [6.45, 7) is 4.91. The first-order valence-electron chi connectivity index (χ1n) is 8.61. The van der Waals surface area contributed by atoms with E-state index in [0.29, 0.717) is 11.9 Å². The molecule has 0 atom stereocenters. The van der Waals surface area contributed by atoms with Crippen LogP contribution >= 0.6 is 0 Å². The number of hydrogen-bond acceptors (Lipinski definition) is 6. The van der Waals surface area contributed by atoms with Gasteiger partial charge in [0.1, 0.15) is 0 Å². The van der Waals surface area contributed by atoms with Crippen molar-refractivity contribution in [2.24, 2.45) is 5.73 Å². The average molecular weight is 339 g/mol. The highest BCUT2D eigenvalue weighted by Crippen LogP contribution is 2.20. The maximum atomic E-state index is 5.82. The van der Waals surface area contributed by atoms with Crippen molar-refractivity contribution >= 4 is 5.57 Å². The molecule has 6 heteroatoms. The number of ether oxygens (including phenoxy) is 1. The van der Waals surface area contributed by atoms with Gasteiger partial charge in [-0.3, -0.25) is 9.88 Å². The van der Waals surface area contributed by atoms with Crippen molar-refractivity contribution in [2.45, 2.75) is 32.4 Å². The monoisotopic (exact) mass is 339 g/mol. The zero-order valence-corrected chi connectivity index (χ0v) is 14.9. The summed E-state index contributed by atoms with van der Waals surface area (Å²) >= 11 is 0. The fourth-order valence-electron chi connectivity index (χ4n) is 3.15. The molecule has 1 aliphatic heterocycles. The Labute approximate surface area is 148 Å². The lowest BCUT2D eigenvalue weighted by atomic mass is 10.1. The molecule has 0 unspecified atom stereocenters. The predicted molar refractivity (Wildman–Crippen MR) is 97.6 cm³/mol. The normalized spacial score (nSPS) is 17.0. The molecule has 0 amide bonds. The van der Waals surface area contributed by atoms with Crippen LogP contribution in [0.25, 0.3) is 5.57 Å². The Balaban J connectivity index is 1.67. The molecule has 1 fully saturated rings. The van der Waals surface area contributed by atoms with E-state index < -0.39 is 0 Å². The zero-order valence-electron chi connectivity index (χ0n) is 14.9. The van der Waals surface area contributed by atoms with E-state index in [4.69, 9.17) is 10.5 Å². The van der Waals surface area contributed by atoms with E-state index in [1.54, 1.807) is 19.5 Å². The van der Waals surface area contributed by atoms with E-state index in [2.05, 4.69) is 19.9 Å². The molecule has 6 nitrogen and oxygen atoms in total. The van der Waals surface area contributed by atoms with Gasteiger partial charge in [0.15, 0.2) is 5.82 Å². The highest BCUT2D eigenvalue weighted by atomic mass is 16.5. The summed E-state index contributed by atoms with van der Waals surface area (Å²) < 4.78 is 5.42. The zero-order chi connectivity index (χ0) is 17.6. The molecule has 1 aliphatic rings. The van der Waals surface area contributed by atoms with Gasteiger partial charge in [-0.25, -0.2) is 9.97 Å². The van der Waals surface area contributed by atoms with Crippen LogP contribution in [-0.2, 0) is 11.3 Å². The van der Waals surface area contributed by atoms with Gasteiger partial charge in [0.25, 0.3) is 0 Å². The Bertz CT molecular complexity index is 721. The minimum absolute atomic E-state index is 0.399. The molecular formula is C19H25N5O. The van der Waals surface area contributed by atoms with Crippen LogP contribution in [-0.4, -0.2) is 46.2 Å². The number of nitrogens with zero attached hydrogens (tertiary/aromatic N) is 4. The van der Waals surface area contributed by atoms with Crippen LogP contribution in [0.15, 0.2) is 36.9 Å². The number of hydrogen-bond donors (Lipinski definition) is 1. The van der Waals surface area contributed by atoms with E-state index in [-0.39, 0.29) is 0 Å². The molecule has 25 heavy (non-hydrogen) atoms. The number of rotatable bonds is 5. The van der Waals surface area contributed by atoms with E-state index in [9.17, 15) is 0 Å². The summed E-state index contributed by atoms with van der Waals surface area (Å²) in [7, 11) is 1.79. The molecule has 2 N–H and O–H groups in total. The molecule has 0 aliphatic carbocycles. The quantitative estimate of drug-likeness (QED) is 0.899. The summed E-state index contributed by atoms with van der Waals surface area (Å²) in [5.74, 6) is 0.634. The van der Waals surface area contributed by atoms with Gasteiger partial charge in [0.2, 0.25) is 0 Å². The number of aryl methyl sites for hydroxylation is 1. The second-order valence-electron chi connectivity index (χ2n) is 6.39. The average Bonchev–Trinajstić information content (AvgIpc) is 2.64. The van der Waals surface area contributed by atoms with Crippen LogP contribution < -0.4 is 5.73 Å². The van der Waals surface area contributed by atoms with Crippen molar-refractivity contribution in [3.8, 4) is 0 Å². The molecule has 0 saturated carbocycles. The molecule has 1 saturated heterocycles. The van der Waals surface area contributed by atoms with Gasteiger partial charge in [-0.1, -0.05) is 0 Å². The lowest BCUT2D eigenvalue weighted by Crippen LogP contribution is -2.36. The number of methoxy groups -OCH3 is 1. The van der Waals surface area contributed by atoms with Crippen LogP contribution in [0, 0.1) is 6.92 Å². The first-order chi connectivity index (χ1) is 12.2. The fraction of sp³-hybridized carbons (Fsp3) is 0.421. The van der Waals surface area contributed by atoms with Gasteiger partial charge in [0.05, 0.1) is 6.10 Å². The summed E-state index contributed by atoms with van der Waals surface area (Å²) in [4.78, 5) is 15.7. The predicted octanol–water partition coefficient (Wildman–Crippen LogP) is 2.14. The first-order valence-corrected chi connectivity index (χ1v) is 8.61. The third-order valence-electron chi connectivity index (χ3n) is 4.59. The van der Waals surface area contributed by atoms with Crippen LogP contribution in [0.4, 0.5) is 0 Å². The summed E-state index contributed by atoms with van der Waals surface area (Å²) in [5, 5.41) is 0. The number of nitrogens with two attached hydrogens (primary N) is 1. The van der Waals surface area contributed by atoms with Gasteiger partial charge in [-0.15, -0.1) is 0 Å². The molecule has 3 rings (SSSR count). The molecule has 2 aromatic rings. The van der Waals surface area contributed by atoms with Crippen molar-refractivity contribution in [1.82, 2.24) is 19.9 Å². The van der Waals surface area contributed by atoms with E-state index in [1.165, 1.54) is 0 Å². The van der Waals surface area contributed by atoms with Crippen molar-refractivity contribution < 1.29 is 4.74 Å². The number of likely N-dealkylation sites (tertiary alicyclic amines) is 1. The Morgan fingerprint density at radius 1 is 1.28 bits per heavy atom. The van der Waals surface area contributed by atoms with Gasteiger partial charge < -0.3 is 10.5 Å². The molecule has 3 heterocycles. The first kappa shape index (κ1) is 17.5. The Morgan fingerprint density at radius 2 is 2.00 bits per heavy atom. The van der Waals surface area contributed by atoms with Gasteiger partial charge >= 0.3 is 0 Å². The molecule has 0 radical (unpaired) electrons. The second-order valence-corrected chi connectivity index (χ2v) is 6.39. The maximum absolute atomic E-state index is 5.82. The Hall–Kier alpha value is -2.31. The third kappa shape index (κ3) is 4.41. The summed E-state index contributed by atoms with van der Waals surface area (Å²) in [6.07, 6.45) is 9.67. The molecule has 132 valence electrons. The van der Waals surface area contributed by atoms with Crippen molar-refractivity contribution in [3.05, 3.63) is 59.6 Å². The minimum Gasteiger partial charge on any atom is -0.404 e. The third-order valence-corrected chi connectivity index (χ3v) is 4.59. The maximum Gasteiger partial charge on any atom is 0.161 e. The van der Waals surface area contributed by atoms with Crippen LogP contribution in [0.1, 0.15) is 35.5 Å². The van der Waals surface area contributed by atoms with Crippen molar-refractivity contribution in [3.63, 3.8) is 0 Å². The summed E-state index contributed by atoms with van der Waals surface area (Å²) in [6, 6.07) is 3.90. The topological polar surface area (TPSA) is 77.2 Å². The minimum atomic E-state index is 0.399. The van der Waals surface area contributed by atoms with Crippen molar-refractivity contribution in [1.29, 1.82) is 0 Å². The highest BCUT2D eigenvalue weighted by molar-refractivity contribution is 5.75. The Morgan fingerprint density at radius 3 is 2.60 bits per heavy atom. The highest BCUT2D eigenvalue weighted by Gasteiger charge is 2.19. The van der Waals surface area contributed by atoms with Gasteiger partial charge in [-0.05, 0) is 37.5 Å². The SMILES string of the molecule is COC1CCN(Cc2cnc(/C(=C\N)c3ccnc(C)c3)nc2)CC1. The van der Waals surface area contributed by atoms with Crippen LogP contribution in [0.2, 0.25) is 0 Å². The molecule has 2 aromatic heterocycles.